The van der Waals surface area contributed by atoms with Crippen molar-refractivity contribution in [1.29, 1.82) is 0 Å². The standard InChI is InChI=1S/C13H18ClN5O/c1-20-8-4-2-3-7-19-13(16-17-18-19)11-6-5-10(14)9-12(11)15/h5-6,9H,2-4,7-8,15H2,1H3. The number of benzene rings is 1. The summed E-state index contributed by atoms with van der Waals surface area (Å²) in [6, 6.07) is 5.32. The zero-order chi connectivity index (χ0) is 14.4. The van der Waals surface area contributed by atoms with Crippen molar-refractivity contribution in [3.05, 3.63) is 23.2 Å². The fourth-order valence-electron chi connectivity index (χ4n) is 1.97. The van der Waals surface area contributed by atoms with Crippen LogP contribution in [0.3, 0.4) is 0 Å². The number of hydrogen-bond donors (Lipinski definition) is 1. The highest BCUT2D eigenvalue weighted by molar-refractivity contribution is 6.31. The number of aryl methyl sites for hydroxylation is 1. The molecule has 2 aromatic rings. The van der Waals surface area contributed by atoms with Crippen LogP contribution in [-0.2, 0) is 11.3 Å². The molecule has 20 heavy (non-hydrogen) atoms. The highest BCUT2D eigenvalue weighted by Gasteiger charge is 2.11. The van der Waals surface area contributed by atoms with Gasteiger partial charge in [0.05, 0.1) is 0 Å². The largest absolute Gasteiger partial charge is 0.398 e. The molecule has 7 heteroatoms. The first kappa shape index (κ1) is 14.7. The summed E-state index contributed by atoms with van der Waals surface area (Å²) in [5, 5.41) is 12.4. The van der Waals surface area contributed by atoms with Crippen LogP contribution in [0, 0.1) is 0 Å². The van der Waals surface area contributed by atoms with Crippen LogP contribution < -0.4 is 5.73 Å². The molecule has 1 aromatic carbocycles. The Morgan fingerprint density at radius 2 is 2.15 bits per heavy atom. The molecule has 1 aromatic heterocycles. The zero-order valence-electron chi connectivity index (χ0n) is 11.4. The Morgan fingerprint density at radius 3 is 2.90 bits per heavy atom. The summed E-state index contributed by atoms with van der Waals surface area (Å²) in [5.41, 5.74) is 7.34. The highest BCUT2D eigenvalue weighted by Crippen LogP contribution is 2.26. The van der Waals surface area contributed by atoms with Crippen LogP contribution >= 0.6 is 11.6 Å². The van der Waals surface area contributed by atoms with Crippen LogP contribution in [0.2, 0.25) is 5.02 Å². The van der Waals surface area contributed by atoms with Gasteiger partial charge in [-0.2, -0.15) is 0 Å². The number of hydrogen-bond acceptors (Lipinski definition) is 5. The van der Waals surface area contributed by atoms with Crippen molar-refractivity contribution in [2.75, 3.05) is 19.5 Å². The first-order valence-corrected chi connectivity index (χ1v) is 6.90. The van der Waals surface area contributed by atoms with E-state index in [1.165, 1.54) is 0 Å². The third kappa shape index (κ3) is 3.68. The summed E-state index contributed by atoms with van der Waals surface area (Å²) in [7, 11) is 1.71. The van der Waals surface area contributed by atoms with Crippen molar-refractivity contribution in [2.45, 2.75) is 25.8 Å². The second-order valence-corrected chi connectivity index (χ2v) is 4.95. The highest BCUT2D eigenvalue weighted by atomic mass is 35.5. The van der Waals surface area contributed by atoms with E-state index in [0.29, 0.717) is 16.5 Å². The van der Waals surface area contributed by atoms with Crippen LogP contribution in [0.25, 0.3) is 11.4 Å². The van der Waals surface area contributed by atoms with Gasteiger partial charge in [0.15, 0.2) is 5.82 Å². The third-order valence-corrected chi connectivity index (χ3v) is 3.24. The lowest BCUT2D eigenvalue weighted by molar-refractivity contribution is 0.191. The van der Waals surface area contributed by atoms with Crippen molar-refractivity contribution < 1.29 is 4.74 Å². The molecule has 108 valence electrons. The monoisotopic (exact) mass is 295 g/mol. The molecule has 0 aliphatic carbocycles. The predicted octanol–water partition coefficient (Wildman–Crippen LogP) is 2.39. The van der Waals surface area contributed by atoms with Crippen LogP contribution in [0.15, 0.2) is 18.2 Å². The minimum atomic E-state index is 0.577. The molecule has 0 atom stereocenters. The third-order valence-electron chi connectivity index (χ3n) is 3.00. The first-order valence-electron chi connectivity index (χ1n) is 6.53. The zero-order valence-corrected chi connectivity index (χ0v) is 12.2. The first-order chi connectivity index (χ1) is 9.72. The molecule has 0 radical (unpaired) electrons. The number of ether oxygens (including phenoxy) is 1. The van der Waals surface area contributed by atoms with E-state index in [1.807, 2.05) is 6.07 Å². The van der Waals surface area contributed by atoms with E-state index in [2.05, 4.69) is 15.5 Å². The van der Waals surface area contributed by atoms with Crippen LogP contribution in [0.1, 0.15) is 19.3 Å². The lowest BCUT2D eigenvalue weighted by Gasteiger charge is -2.07. The number of rotatable bonds is 7. The maximum absolute atomic E-state index is 5.97. The number of methoxy groups -OCH3 is 1. The maximum atomic E-state index is 5.97. The Balaban J connectivity index is 2.04. The molecular formula is C13H18ClN5O. The van der Waals surface area contributed by atoms with E-state index < -0.39 is 0 Å². The molecule has 0 unspecified atom stereocenters. The number of nitrogens with zero attached hydrogens (tertiary/aromatic N) is 4. The van der Waals surface area contributed by atoms with Gasteiger partial charge in [-0.25, -0.2) is 4.68 Å². The molecular weight excluding hydrogens is 278 g/mol. The van der Waals surface area contributed by atoms with Gasteiger partial charge >= 0.3 is 0 Å². The summed E-state index contributed by atoms with van der Waals surface area (Å²) in [5.74, 6) is 0.672. The van der Waals surface area contributed by atoms with E-state index in [0.717, 1.165) is 38.0 Å². The lowest BCUT2D eigenvalue weighted by atomic mass is 10.1. The second-order valence-electron chi connectivity index (χ2n) is 4.51. The smallest absolute Gasteiger partial charge is 0.184 e. The predicted molar refractivity (Wildman–Crippen MR) is 78.4 cm³/mol. The summed E-state index contributed by atoms with van der Waals surface area (Å²) in [6.45, 7) is 1.54. The van der Waals surface area contributed by atoms with Gasteiger partial charge in [-0.15, -0.1) is 5.10 Å². The normalized spacial score (nSPS) is 10.9. The molecule has 0 amide bonds. The Labute approximate surface area is 122 Å². The van der Waals surface area contributed by atoms with Crippen molar-refractivity contribution in [3.8, 4) is 11.4 Å². The maximum Gasteiger partial charge on any atom is 0.184 e. The summed E-state index contributed by atoms with van der Waals surface area (Å²) in [6.07, 6.45) is 3.11. The van der Waals surface area contributed by atoms with Gasteiger partial charge in [0.2, 0.25) is 0 Å². The van der Waals surface area contributed by atoms with Gasteiger partial charge in [-0.3, -0.25) is 0 Å². The van der Waals surface area contributed by atoms with Gasteiger partial charge in [-0.05, 0) is 47.9 Å². The van der Waals surface area contributed by atoms with Crippen LogP contribution in [-0.4, -0.2) is 33.9 Å². The van der Waals surface area contributed by atoms with Crippen molar-refractivity contribution in [2.24, 2.45) is 0 Å². The van der Waals surface area contributed by atoms with Crippen molar-refractivity contribution in [3.63, 3.8) is 0 Å². The summed E-state index contributed by atoms with van der Waals surface area (Å²) in [4.78, 5) is 0. The number of halogens is 1. The van der Waals surface area contributed by atoms with Gasteiger partial charge < -0.3 is 10.5 Å². The average Bonchev–Trinajstić information content (AvgIpc) is 2.87. The molecule has 1 heterocycles. The lowest BCUT2D eigenvalue weighted by Crippen LogP contribution is -2.05. The van der Waals surface area contributed by atoms with E-state index in [4.69, 9.17) is 22.1 Å². The quantitative estimate of drug-likeness (QED) is 0.627. The Morgan fingerprint density at radius 1 is 1.30 bits per heavy atom. The minimum absolute atomic E-state index is 0.577. The molecule has 0 saturated carbocycles. The van der Waals surface area contributed by atoms with Crippen molar-refractivity contribution in [1.82, 2.24) is 20.2 Å². The molecule has 0 bridgehead atoms. The van der Waals surface area contributed by atoms with Gasteiger partial charge in [0.25, 0.3) is 0 Å². The Kier molecular flexibility index (Phi) is 5.31. The number of nitrogens with two attached hydrogens (primary N) is 1. The Bertz CT molecular complexity index is 557. The molecule has 0 aliphatic rings. The summed E-state index contributed by atoms with van der Waals surface area (Å²) < 4.78 is 6.79. The number of nitrogen functional groups attached to an aromatic ring is 1. The molecule has 2 rings (SSSR count). The van der Waals surface area contributed by atoms with Gasteiger partial charge in [0, 0.05) is 36.5 Å². The van der Waals surface area contributed by atoms with Crippen molar-refractivity contribution >= 4 is 17.3 Å². The topological polar surface area (TPSA) is 78.8 Å². The van der Waals surface area contributed by atoms with E-state index in [9.17, 15) is 0 Å². The summed E-state index contributed by atoms with van der Waals surface area (Å²) >= 11 is 5.90. The van der Waals surface area contributed by atoms with E-state index in [1.54, 1.807) is 23.9 Å². The number of aromatic nitrogens is 4. The minimum Gasteiger partial charge on any atom is -0.398 e. The molecule has 6 nitrogen and oxygen atoms in total. The molecule has 2 N–H and O–H groups in total. The molecule has 0 aliphatic heterocycles. The number of unbranched alkanes of at least 4 members (excludes halogenated alkanes) is 2. The fourth-order valence-corrected chi connectivity index (χ4v) is 2.15. The molecule has 0 fully saturated rings. The molecule has 0 saturated heterocycles. The SMILES string of the molecule is COCCCCCn1nnnc1-c1ccc(Cl)cc1N. The second kappa shape index (κ2) is 7.21. The van der Waals surface area contributed by atoms with Crippen LogP contribution in [0.5, 0.6) is 0 Å². The fraction of sp³-hybridized carbons (Fsp3) is 0.462. The van der Waals surface area contributed by atoms with Gasteiger partial charge in [-0.1, -0.05) is 11.6 Å². The van der Waals surface area contributed by atoms with E-state index in [-0.39, 0.29) is 0 Å². The molecule has 0 spiro atoms. The van der Waals surface area contributed by atoms with Gasteiger partial charge in [0.1, 0.15) is 0 Å². The Hall–Kier alpha value is -1.66. The number of tetrazole rings is 1. The van der Waals surface area contributed by atoms with E-state index >= 15 is 0 Å². The average molecular weight is 296 g/mol. The van der Waals surface area contributed by atoms with Crippen LogP contribution in [0.4, 0.5) is 5.69 Å². The number of anilines is 1.